The molecule has 3 aromatic rings. The zero-order chi connectivity index (χ0) is 22.6. The number of anilines is 2. The minimum atomic E-state index is -0.369. The number of aliphatic hydroxyl groups excluding tert-OH is 1. The number of pyridine rings is 1. The molecule has 7 heteroatoms. The number of aliphatic hydroxyl groups is 1. The Bertz CT molecular complexity index is 1010. The predicted molar refractivity (Wildman–Crippen MR) is 125 cm³/mol. The van der Waals surface area contributed by atoms with Crippen LogP contribution in [0.15, 0.2) is 72.9 Å². The summed E-state index contributed by atoms with van der Waals surface area (Å²) in [7, 11) is 0. The summed E-state index contributed by atoms with van der Waals surface area (Å²) in [5.41, 5.74) is 3.49. The Morgan fingerprint density at radius 1 is 1.03 bits per heavy atom. The zero-order valence-corrected chi connectivity index (χ0v) is 17.8. The highest BCUT2D eigenvalue weighted by Gasteiger charge is 2.20. The first-order valence-electron chi connectivity index (χ1n) is 10.6. The quantitative estimate of drug-likeness (QED) is 0.349. The molecule has 4 N–H and O–H groups in total. The molecule has 7 nitrogen and oxygen atoms in total. The van der Waals surface area contributed by atoms with Crippen molar-refractivity contribution in [2.24, 2.45) is 0 Å². The number of benzene rings is 2. The third kappa shape index (κ3) is 6.91. The molecule has 0 bridgehead atoms. The number of hydrogen-bond donors (Lipinski definition) is 4. The largest absolute Gasteiger partial charge is 0.395 e. The van der Waals surface area contributed by atoms with Crippen LogP contribution in [0.2, 0.25) is 0 Å². The average Bonchev–Trinajstić information content (AvgIpc) is 2.84. The van der Waals surface area contributed by atoms with Gasteiger partial charge in [-0.2, -0.15) is 5.26 Å². The summed E-state index contributed by atoms with van der Waals surface area (Å²) in [5, 5.41) is 27.1. The topological polar surface area (TPSA) is 110 Å². The fourth-order valence-electron chi connectivity index (χ4n) is 3.26. The molecule has 0 fully saturated rings. The summed E-state index contributed by atoms with van der Waals surface area (Å²) in [6.45, 7) is 1.68. The minimum absolute atomic E-state index is 0.0371. The van der Waals surface area contributed by atoms with Gasteiger partial charge in [-0.3, -0.25) is 4.79 Å². The van der Waals surface area contributed by atoms with Crippen molar-refractivity contribution >= 4 is 17.4 Å². The van der Waals surface area contributed by atoms with E-state index in [-0.39, 0.29) is 18.4 Å². The van der Waals surface area contributed by atoms with Gasteiger partial charge in [0.25, 0.3) is 0 Å². The van der Waals surface area contributed by atoms with Crippen molar-refractivity contribution in [3.63, 3.8) is 0 Å². The fourth-order valence-corrected chi connectivity index (χ4v) is 3.26. The van der Waals surface area contributed by atoms with Crippen LogP contribution in [0.5, 0.6) is 0 Å². The monoisotopic (exact) mass is 429 g/mol. The summed E-state index contributed by atoms with van der Waals surface area (Å²) in [5.74, 6) is -0.0279. The molecule has 1 unspecified atom stereocenters. The van der Waals surface area contributed by atoms with Crippen molar-refractivity contribution in [1.29, 1.82) is 5.26 Å². The van der Waals surface area contributed by atoms with Crippen LogP contribution in [0.4, 0.5) is 11.5 Å². The van der Waals surface area contributed by atoms with Crippen LogP contribution in [0.25, 0.3) is 0 Å². The van der Waals surface area contributed by atoms with Crippen LogP contribution in [-0.2, 0) is 11.2 Å². The van der Waals surface area contributed by atoms with Crippen LogP contribution in [0.1, 0.15) is 22.6 Å². The third-order valence-electron chi connectivity index (χ3n) is 5.00. The van der Waals surface area contributed by atoms with Gasteiger partial charge in [-0.25, -0.2) is 4.98 Å². The maximum atomic E-state index is 13.0. The molecule has 0 aliphatic rings. The van der Waals surface area contributed by atoms with Crippen molar-refractivity contribution in [1.82, 2.24) is 10.3 Å². The summed E-state index contributed by atoms with van der Waals surface area (Å²) >= 11 is 0. The molecule has 3 rings (SSSR count). The number of aromatic nitrogens is 1. The maximum absolute atomic E-state index is 13.0. The normalized spacial score (nSPS) is 11.4. The Morgan fingerprint density at radius 3 is 2.47 bits per heavy atom. The number of nitrogens with zero attached hydrogens (tertiary/aromatic N) is 2. The molecule has 164 valence electrons. The molecule has 2 aromatic carbocycles. The first-order chi connectivity index (χ1) is 15.7. The van der Waals surface area contributed by atoms with E-state index in [0.29, 0.717) is 31.0 Å². The van der Waals surface area contributed by atoms with Gasteiger partial charge < -0.3 is 21.1 Å². The molecule has 0 radical (unpaired) electrons. The molecular weight excluding hydrogens is 402 g/mol. The van der Waals surface area contributed by atoms with Gasteiger partial charge in [0.05, 0.1) is 36.0 Å². The highest BCUT2D eigenvalue weighted by atomic mass is 16.3. The SMILES string of the molecule is N#Cc1ccc(CCNCC(C(=O)Nc2ccc(NCCO)cn2)c2ccccc2)cc1. The molecule has 1 aromatic heterocycles. The molecule has 0 saturated carbocycles. The Morgan fingerprint density at radius 2 is 1.81 bits per heavy atom. The van der Waals surface area contributed by atoms with Gasteiger partial charge in [-0.05, 0) is 48.4 Å². The van der Waals surface area contributed by atoms with Crippen LogP contribution >= 0.6 is 0 Å². The number of amides is 1. The van der Waals surface area contributed by atoms with Crippen molar-refractivity contribution in [3.05, 3.63) is 89.6 Å². The lowest BCUT2D eigenvalue weighted by Gasteiger charge is -2.18. The van der Waals surface area contributed by atoms with E-state index in [0.717, 1.165) is 23.2 Å². The van der Waals surface area contributed by atoms with Gasteiger partial charge >= 0.3 is 0 Å². The Balaban J connectivity index is 1.58. The molecule has 1 atom stereocenters. The zero-order valence-electron chi connectivity index (χ0n) is 17.8. The number of nitriles is 1. The van der Waals surface area contributed by atoms with E-state index in [4.69, 9.17) is 10.4 Å². The predicted octanol–water partition coefficient (Wildman–Crippen LogP) is 2.91. The van der Waals surface area contributed by atoms with Gasteiger partial charge in [-0.1, -0.05) is 42.5 Å². The van der Waals surface area contributed by atoms with Crippen LogP contribution < -0.4 is 16.0 Å². The molecule has 0 aliphatic carbocycles. The second-order valence-corrected chi connectivity index (χ2v) is 7.30. The van der Waals surface area contributed by atoms with Gasteiger partial charge in [0, 0.05) is 13.1 Å². The van der Waals surface area contributed by atoms with E-state index in [9.17, 15) is 4.79 Å². The summed E-state index contributed by atoms with van der Waals surface area (Å²) < 4.78 is 0. The van der Waals surface area contributed by atoms with Gasteiger partial charge in [0.1, 0.15) is 5.82 Å². The Labute approximate surface area is 188 Å². The third-order valence-corrected chi connectivity index (χ3v) is 5.00. The minimum Gasteiger partial charge on any atom is -0.395 e. The van der Waals surface area contributed by atoms with E-state index in [1.807, 2.05) is 60.7 Å². The Hall–Kier alpha value is -3.73. The van der Waals surface area contributed by atoms with Crippen molar-refractivity contribution in [2.45, 2.75) is 12.3 Å². The summed E-state index contributed by atoms with van der Waals surface area (Å²) in [6, 6.07) is 22.9. The highest BCUT2D eigenvalue weighted by molar-refractivity contribution is 5.95. The van der Waals surface area contributed by atoms with E-state index in [2.05, 4.69) is 27.0 Å². The Kier molecular flexibility index (Phi) is 8.75. The number of carbonyl (C=O) groups excluding carboxylic acids is 1. The fraction of sp³-hybridized carbons (Fsp3) is 0.240. The maximum Gasteiger partial charge on any atom is 0.234 e. The van der Waals surface area contributed by atoms with E-state index in [1.54, 1.807) is 12.3 Å². The van der Waals surface area contributed by atoms with E-state index >= 15 is 0 Å². The molecule has 1 amide bonds. The van der Waals surface area contributed by atoms with Crippen LogP contribution in [0, 0.1) is 11.3 Å². The molecule has 0 saturated heterocycles. The van der Waals surface area contributed by atoms with Gasteiger partial charge in [-0.15, -0.1) is 0 Å². The molecule has 1 heterocycles. The number of carbonyl (C=O) groups is 1. The van der Waals surface area contributed by atoms with Crippen molar-refractivity contribution < 1.29 is 9.90 Å². The molecule has 0 spiro atoms. The number of nitrogens with one attached hydrogen (secondary N) is 3. The van der Waals surface area contributed by atoms with Crippen LogP contribution in [0.3, 0.4) is 0 Å². The number of hydrogen-bond acceptors (Lipinski definition) is 6. The summed E-state index contributed by atoms with van der Waals surface area (Å²) in [6.07, 6.45) is 2.43. The number of rotatable bonds is 11. The average molecular weight is 430 g/mol. The lowest BCUT2D eigenvalue weighted by atomic mass is 9.98. The second-order valence-electron chi connectivity index (χ2n) is 7.30. The lowest BCUT2D eigenvalue weighted by molar-refractivity contribution is -0.117. The standard InChI is InChI=1S/C25H27N5O2/c26-16-20-8-6-19(7-9-20)12-13-27-18-23(21-4-2-1-3-5-21)25(32)30-24-11-10-22(17-29-24)28-14-15-31/h1-11,17,23,27-28,31H,12-15,18H2,(H,29,30,32). The van der Waals surface area contributed by atoms with Crippen molar-refractivity contribution in [2.75, 3.05) is 36.9 Å². The lowest BCUT2D eigenvalue weighted by Crippen LogP contribution is -2.32. The van der Waals surface area contributed by atoms with E-state index in [1.165, 1.54) is 0 Å². The van der Waals surface area contributed by atoms with E-state index < -0.39 is 0 Å². The molecular formula is C25H27N5O2. The van der Waals surface area contributed by atoms with Gasteiger partial charge in [0.2, 0.25) is 5.91 Å². The molecule has 0 aliphatic heterocycles. The second kappa shape index (κ2) is 12.2. The van der Waals surface area contributed by atoms with Gasteiger partial charge in [0.15, 0.2) is 0 Å². The summed E-state index contributed by atoms with van der Waals surface area (Å²) in [4.78, 5) is 17.3. The first kappa shape index (κ1) is 22.9. The highest BCUT2D eigenvalue weighted by Crippen LogP contribution is 2.18. The van der Waals surface area contributed by atoms with Crippen LogP contribution in [-0.4, -0.2) is 42.2 Å². The molecule has 32 heavy (non-hydrogen) atoms. The van der Waals surface area contributed by atoms with Crippen molar-refractivity contribution in [3.8, 4) is 6.07 Å². The first-order valence-corrected chi connectivity index (χ1v) is 10.6. The smallest absolute Gasteiger partial charge is 0.234 e.